The molecule has 0 radical (unpaired) electrons. The van der Waals surface area contributed by atoms with Crippen LogP contribution in [0.15, 0.2) is 11.5 Å². The second-order valence-corrected chi connectivity index (χ2v) is 7.78. The predicted octanol–water partition coefficient (Wildman–Crippen LogP) is 5.89. The van der Waals surface area contributed by atoms with E-state index in [1.807, 2.05) is 11.8 Å². The molecule has 1 fully saturated rings. The highest BCUT2D eigenvalue weighted by Crippen LogP contribution is 2.60. The standard InChI is InChI=1S/C16H30S/c1-7-9-16(8-2)10-15(6,11-16)12-17-14(5)13(3)4/h13H,5,7-12H2,1-4,6H3. The lowest BCUT2D eigenvalue weighted by atomic mass is 9.52. The molecule has 1 saturated carbocycles. The van der Waals surface area contributed by atoms with Crippen molar-refractivity contribution in [1.29, 1.82) is 0 Å². The van der Waals surface area contributed by atoms with Crippen LogP contribution in [0.2, 0.25) is 0 Å². The third kappa shape index (κ3) is 3.77. The lowest BCUT2D eigenvalue weighted by Gasteiger charge is -2.55. The Hall–Kier alpha value is 0.0900. The van der Waals surface area contributed by atoms with Gasteiger partial charge >= 0.3 is 0 Å². The van der Waals surface area contributed by atoms with E-state index in [1.165, 1.54) is 42.8 Å². The average Bonchev–Trinajstić information content (AvgIpc) is 2.23. The number of rotatable bonds is 7. The van der Waals surface area contributed by atoms with E-state index < -0.39 is 0 Å². The van der Waals surface area contributed by atoms with Crippen molar-refractivity contribution in [2.24, 2.45) is 16.7 Å². The van der Waals surface area contributed by atoms with Gasteiger partial charge in [0, 0.05) is 5.75 Å². The molecule has 0 nitrogen and oxygen atoms in total. The lowest BCUT2D eigenvalue weighted by molar-refractivity contribution is -0.0203. The quantitative estimate of drug-likeness (QED) is 0.546. The molecule has 100 valence electrons. The minimum Gasteiger partial charge on any atom is -0.130 e. The first-order valence-electron chi connectivity index (χ1n) is 7.18. The Bertz CT molecular complexity index is 259. The van der Waals surface area contributed by atoms with Gasteiger partial charge in [-0.1, -0.05) is 54.0 Å². The largest absolute Gasteiger partial charge is 0.130 e. The van der Waals surface area contributed by atoms with Crippen molar-refractivity contribution >= 4 is 11.8 Å². The van der Waals surface area contributed by atoms with Crippen LogP contribution in [0.5, 0.6) is 0 Å². The third-order valence-corrected chi connectivity index (χ3v) is 6.07. The molecular weight excluding hydrogens is 224 g/mol. The zero-order valence-electron chi connectivity index (χ0n) is 12.4. The van der Waals surface area contributed by atoms with Gasteiger partial charge in [0.25, 0.3) is 0 Å². The number of thioether (sulfide) groups is 1. The molecule has 0 aromatic rings. The molecular formula is C16H30S. The van der Waals surface area contributed by atoms with Crippen molar-refractivity contribution in [3.05, 3.63) is 11.5 Å². The first-order valence-corrected chi connectivity index (χ1v) is 8.16. The van der Waals surface area contributed by atoms with Crippen LogP contribution in [-0.4, -0.2) is 5.75 Å². The summed E-state index contributed by atoms with van der Waals surface area (Å²) in [6.07, 6.45) is 7.00. The van der Waals surface area contributed by atoms with Crippen molar-refractivity contribution in [2.45, 2.75) is 66.7 Å². The molecule has 1 rings (SSSR count). The Kier molecular flexibility index (Phi) is 5.19. The van der Waals surface area contributed by atoms with Gasteiger partial charge in [0.05, 0.1) is 0 Å². The molecule has 0 aromatic heterocycles. The number of allylic oxidation sites excluding steroid dienone is 1. The summed E-state index contributed by atoms with van der Waals surface area (Å²) in [6.45, 7) is 15.8. The maximum absolute atomic E-state index is 4.17. The van der Waals surface area contributed by atoms with E-state index in [9.17, 15) is 0 Å². The maximum atomic E-state index is 4.17. The molecule has 0 aliphatic heterocycles. The summed E-state index contributed by atoms with van der Waals surface area (Å²) < 4.78 is 0. The number of hydrogen-bond acceptors (Lipinski definition) is 1. The molecule has 0 saturated heterocycles. The smallest absolute Gasteiger partial charge is 0.00311 e. The van der Waals surface area contributed by atoms with Crippen molar-refractivity contribution in [2.75, 3.05) is 5.75 Å². The molecule has 0 heterocycles. The van der Waals surface area contributed by atoms with Crippen LogP contribution >= 0.6 is 11.8 Å². The van der Waals surface area contributed by atoms with Crippen molar-refractivity contribution < 1.29 is 0 Å². The van der Waals surface area contributed by atoms with E-state index in [0.29, 0.717) is 16.7 Å². The molecule has 0 spiro atoms. The van der Waals surface area contributed by atoms with Gasteiger partial charge in [-0.15, -0.1) is 11.8 Å². The first-order chi connectivity index (χ1) is 7.86. The molecule has 1 heteroatoms. The van der Waals surface area contributed by atoms with Gasteiger partial charge in [-0.2, -0.15) is 0 Å². The van der Waals surface area contributed by atoms with Crippen LogP contribution in [0, 0.1) is 16.7 Å². The average molecular weight is 254 g/mol. The van der Waals surface area contributed by atoms with Crippen LogP contribution in [-0.2, 0) is 0 Å². The summed E-state index contributed by atoms with van der Waals surface area (Å²) in [6, 6.07) is 0. The summed E-state index contributed by atoms with van der Waals surface area (Å²) in [7, 11) is 0. The lowest BCUT2D eigenvalue weighted by Crippen LogP contribution is -2.46. The Balaban J connectivity index is 2.40. The van der Waals surface area contributed by atoms with Crippen LogP contribution in [0.4, 0.5) is 0 Å². The number of hydrogen-bond donors (Lipinski definition) is 0. The fraction of sp³-hybridized carbons (Fsp3) is 0.875. The maximum Gasteiger partial charge on any atom is 0.00311 e. The SMILES string of the molecule is C=C(SCC1(C)CC(CC)(CCC)C1)C(C)C. The van der Waals surface area contributed by atoms with E-state index in [0.717, 1.165) is 0 Å². The molecule has 0 unspecified atom stereocenters. The van der Waals surface area contributed by atoms with Gasteiger partial charge in [-0.25, -0.2) is 0 Å². The molecule has 0 amide bonds. The zero-order chi connectivity index (χ0) is 13.1. The zero-order valence-corrected chi connectivity index (χ0v) is 13.3. The molecule has 17 heavy (non-hydrogen) atoms. The van der Waals surface area contributed by atoms with E-state index in [1.54, 1.807) is 0 Å². The Morgan fingerprint density at radius 3 is 2.29 bits per heavy atom. The minimum atomic E-state index is 0.577. The summed E-state index contributed by atoms with van der Waals surface area (Å²) in [5.74, 6) is 1.89. The highest BCUT2D eigenvalue weighted by atomic mass is 32.2. The van der Waals surface area contributed by atoms with Crippen molar-refractivity contribution in [3.8, 4) is 0 Å². The molecule has 0 atom stereocenters. The third-order valence-electron chi connectivity index (χ3n) is 4.38. The fourth-order valence-electron chi connectivity index (χ4n) is 3.43. The topological polar surface area (TPSA) is 0 Å². The Morgan fingerprint density at radius 1 is 1.29 bits per heavy atom. The van der Waals surface area contributed by atoms with Crippen LogP contribution < -0.4 is 0 Å². The Labute approximate surface area is 113 Å². The van der Waals surface area contributed by atoms with Crippen molar-refractivity contribution in [1.82, 2.24) is 0 Å². The van der Waals surface area contributed by atoms with Crippen LogP contribution in [0.25, 0.3) is 0 Å². The molecule has 0 N–H and O–H groups in total. The summed E-state index contributed by atoms with van der Waals surface area (Å²) >= 11 is 2.00. The summed E-state index contributed by atoms with van der Waals surface area (Å²) in [5.41, 5.74) is 1.26. The molecule has 0 bridgehead atoms. The van der Waals surface area contributed by atoms with E-state index in [-0.39, 0.29) is 0 Å². The fourth-order valence-corrected chi connectivity index (χ4v) is 4.50. The van der Waals surface area contributed by atoms with Gasteiger partial charge < -0.3 is 0 Å². The van der Waals surface area contributed by atoms with Gasteiger partial charge in [0.1, 0.15) is 0 Å². The molecule has 1 aliphatic rings. The van der Waals surface area contributed by atoms with Gasteiger partial charge in [0.2, 0.25) is 0 Å². The second-order valence-electron chi connectivity index (χ2n) is 6.68. The van der Waals surface area contributed by atoms with Crippen LogP contribution in [0.1, 0.15) is 66.7 Å². The van der Waals surface area contributed by atoms with Gasteiger partial charge in [0.15, 0.2) is 0 Å². The first kappa shape index (κ1) is 15.1. The van der Waals surface area contributed by atoms with E-state index in [2.05, 4.69) is 41.2 Å². The van der Waals surface area contributed by atoms with E-state index in [4.69, 9.17) is 0 Å². The highest BCUT2D eigenvalue weighted by molar-refractivity contribution is 8.03. The van der Waals surface area contributed by atoms with Crippen LogP contribution in [0.3, 0.4) is 0 Å². The predicted molar refractivity (Wildman–Crippen MR) is 81.4 cm³/mol. The highest BCUT2D eigenvalue weighted by Gasteiger charge is 2.49. The minimum absolute atomic E-state index is 0.577. The summed E-state index contributed by atoms with van der Waals surface area (Å²) in [4.78, 5) is 1.36. The van der Waals surface area contributed by atoms with Gasteiger partial charge in [-0.3, -0.25) is 0 Å². The molecule has 0 aromatic carbocycles. The second kappa shape index (κ2) is 5.82. The Morgan fingerprint density at radius 2 is 1.88 bits per heavy atom. The monoisotopic (exact) mass is 254 g/mol. The normalized spacial score (nSPS) is 32.6. The summed E-state index contributed by atoms with van der Waals surface area (Å²) in [5, 5.41) is 0. The van der Waals surface area contributed by atoms with Crippen molar-refractivity contribution in [3.63, 3.8) is 0 Å². The molecule has 1 aliphatic carbocycles. The van der Waals surface area contributed by atoms with E-state index >= 15 is 0 Å². The van der Waals surface area contributed by atoms with Gasteiger partial charge in [-0.05, 0) is 40.9 Å².